The Morgan fingerprint density at radius 1 is 1.30 bits per heavy atom. The summed E-state index contributed by atoms with van der Waals surface area (Å²) in [6.45, 7) is 2.80. The first-order valence-electron chi connectivity index (χ1n) is 10.9. The van der Waals surface area contributed by atoms with E-state index in [0.29, 0.717) is 34.7 Å². The Balaban J connectivity index is 1.46. The Kier molecular flexibility index (Phi) is 5.21. The lowest BCUT2D eigenvalue weighted by molar-refractivity contribution is 0.0418. The molecular formula is C24H23FN6O2. The second kappa shape index (κ2) is 8.20. The minimum absolute atomic E-state index is 0.00813. The Morgan fingerprint density at radius 2 is 2.12 bits per heavy atom. The van der Waals surface area contributed by atoms with Crippen molar-refractivity contribution in [1.29, 1.82) is 5.26 Å². The molecule has 1 aliphatic carbocycles. The maximum absolute atomic E-state index is 15.3. The predicted octanol–water partition coefficient (Wildman–Crippen LogP) is 4.54. The van der Waals surface area contributed by atoms with Gasteiger partial charge in [0.1, 0.15) is 11.9 Å². The van der Waals surface area contributed by atoms with Crippen LogP contribution in [0.5, 0.6) is 0 Å². The highest BCUT2D eigenvalue weighted by Gasteiger charge is 2.32. The van der Waals surface area contributed by atoms with Crippen molar-refractivity contribution in [2.45, 2.75) is 38.7 Å². The number of halogens is 1. The van der Waals surface area contributed by atoms with Gasteiger partial charge in [-0.15, -0.1) is 0 Å². The monoisotopic (exact) mass is 446 g/mol. The molecule has 2 aliphatic rings. The van der Waals surface area contributed by atoms with Crippen LogP contribution in [-0.2, 0) is 11.2 Å². The van der Waals surface area contributed by atoms with E-state index in [1.54, 1.807) is 18.3 Å². The highest BCUT2D eigenvalue weighted by atomic mass is 19.1. The number of nitriles is 1. The van der Waals surface area contributed by atoms with Crippen LogP contribution >= 0.6 is 0 Å². The Bertz CT molecular complexity index is 1310. The molecule has 8 nitrogen and oxygen atoms in total. The normalized spacial score (nSPS) is 19.1. The number of anilines is 3. The topological polar surface area (TPSA) is 126 Å². The average Bonchev–Trinajstić information content (AvgIpc) is 2.79. The summed E-state index contributed by atoms with van der Waals surface area (Å²) in [6, 6.07) is 5.48. The number of hydrogen-bond acceptors (Lipinski definition) is 7. The zero-order valence-corrected chi connectivity index (χ0v) is 18.1. The number of amides is 1. The molecule has 0 unspecified atom stereocenters. The van der Waals surface area contributed by atoms with E-state index < -0.39 is 11.9 Å². The largest absolute Gasteiger partial charge is 0.446 e. The van der Waals surface area contributed by atoms with E-state index >= 15 is 4.39 Å². The Hall–Kier alpha value is -3.93. The minimum atomic E-state index is -0.639. The standard InChI is InChI=1S/C24H23FN6O2/c1-12-17(10-29-19-3-2-4-28-23(12)19)16-7-14-8-20(30-11-18(14)22(27)21(16)25)31-24(32)33-15-5-13(6-15)9-26/h7-8,10-11,13,15,28H,2-6,27H2,1H3,(H,30,31,32). The fraction of sp³-hybridized carbons (Fsp3) is 0.333. The van der Waals surface area contributed by atoms with Crippen molar-refractivity contribution in [3.63, 3.8) is 0 Å². The number of aryl methyl sites for hydroxylation is 1. The van der Waals surface area contributed by atoms with Crippen LogP contribution in [0.3, 0.4) is 0 Å². The van der Waals surface area contributed by atoms with Gasteiger partial charge >= 0.3 is 6.09 Å². The van der Waals surface area contributed by atoms with Crippen LogP contribution in [-0.4, -0.2) is 28.7 Å². The number of hydrogen-bond donors (Lipinski definition) is 3. The third-order valence-corrected chi connectivity index (χ3v) is 6.38. The quantitative estimate of drug-likeness (QED) is 0.504. The van der Waals surface area contributed by atoms with Gasteiger partial charge in [-0.05, 0) is 42.8 Å². The second-order valence-corrected chi connectivity index (χ2v) is 8.54. The van der Waals surface area contributed by atoms with E-state index in [-0.39, 0.29) is 23.5 Å². The van der Waals surface area contributed by atoms with Crippen LogP contribution in [0.2, 0.25) is 0 Å². The summed E-state index contributed by atoms with van der Waals surface area (Å²) >= 11 is 0. The predicted molar refractivity (Wildman–Crippen MR) is 123 cm³/mol. The lowest BCUT2D eigenvalue weighted by Crippen LogP contribution is -2.34. The molecule has 0 spiro atoms. The maximum Gasteiger partial charge on any atom is 0.413 e. The Morgan fingerprint density at radius 3 is 2.91 bits per heavy atom. The number of carbonyl (C=O) groups is 1. The summed E-state index contributed by atoms with van der Waals surface area (Å²) in [6.07, 6.45) is 5.20. The van der Waals surface area contributed by atoms with Gasteiger partial charge in [0, 0.05) is 48.3 Å². The highest BCUT2D eigenvalue weighted by molar-refractivity contribution is 5.99. The van der Waals surface area contributed by atoms with Crippen LogP contribution in [0.4, 0.5) is 26.4 Å². The molecule has 0 bridgehead atoms. The van der Waals surface area contributed by atoms with Gasteiger partial charge in [0.05, 0.1) is 29.1 Å². The van der Waals surface area contributed by atoms with Gasteiger partial charge in [-0.1, -0.05) is 0 Å². The molecule has 3 heterocycles. The number of rotatable bonds is 3. The number of nitrogen functional groups attached to an aromatic ring is 1. The van der Waals surface area contributed by atoms with Crippen LogP contribution in [0, 0.1) is 30.0 Å². The van der Waals surface area contributed by atoms with E-state index in [2.05, 4.69) is 26.7 Å². The third kappa shape index (κ3) is 3.78. The van der Waals surface area contributed by atoms with E-state index in [0.717, 1.165) is 36.3 Å². The fourth-order valence-electron chi connectivity index (χ4n) is 4.43. The molecular weight excluding hydrogens is 423 g/mol. The molecule has 1 aliphatic heterocycles. The van der Waals surface area contributed by atoms with E-state index in [1.165, 1.54) is 6.20 Å². The number of nitrogens with one attached hydrogen (secondary N) is 2. The zero-order valence-electron chi connectivity index (χ0n) is 18.1. The third-order valence-electron chi connectivity index (χ3n) is 6.38. The van der Waals surface area contributed by atoms with Crippen molar-refractivity contribution in [2.75, 3.05) is 22.9 Å². The summed E-state index contributed by atoms with van der Waals surface area (Å²) in [5.74, 6) is -0.320. The van der Waals surface area contributed by atoms with Gasteiger partial charge in [0.15, 0.2) is 5.82 Å². The van der Waals surface area contributed by atoms with Crippen LogP contribution in [0.1, 0.15) is 30.5 Å². The molecule has 3 aromatic rings. The van der Waals surface area contributed by atoms with Gasteiger partial charge in [-0.25, -0.2) is 14.2 Å². The molecule has 0 saturated heterocycles. The highest BCUT2D eigenvalue weighted by Crippen LogP contribution is 2.38. The number of nitrogens with zero attached hydrogens (tertiary/aromatic N) is 3. The van der Waals surface area contributed by atoms with Crippen molar-refractivity contribution in [2.24, 2.45) is 5.92 Å². The van der Waals surface area contributed by atoms with Crippen molar-refractivity contribution in [3.05, 3.63) is 41.6 Å². The Labute approximate surface area is 190 Å². The van der Waals surface area contributed by atoms with Gasteiger partial charge < -0.3 is 15.8 Å². The van der Waals surface area contributed by atoms with E-state index in [4.69, 9.17) is 15.7 Å². The fourth-order valence-corrected chi connectivity index (χ4v) is 4.43. The summed E-state index contributed by atoms with van der Waals surface area (Å²) in [5.41, 5.74) is 9.98. The molecule has 4 N–H and O–H groups in total. The number of carbonyl (C=O) groups excluding carboxylic acids is 1. The van der Waals surface area contributed by atoms with Crippen LogP contribution < -0.4 is 16.4 Å². The maximum atomic E-state index is 15.3. The molecule has 1 aromatic carbocycles. The number of fused-ring (bicyclic) bond motifs is 2. The molecule has 0 atom stereocenters. The number of nitrogens with two attached hydrogens (primary N) is 1. The summed E-state index contributed by atoms with van der Waals surface area (Å²) in [4.78, 5) is 20.9. The molecule has 1 saturated carbocycles. The zero-order chi connectivity index (χ0) is 23.1. The van der Waals surface area contributed by atoms with Gasteiger partial charge in [-0.2, -0.15) is 5.26 Å². The van der Waals surface area contributed by atoms with Gasteiger partial charge in [0.25, 0.3) is 0 Å². The first kappa shape index (κ1) is 20.9. The first-order chi connectivity index (χ1) is 15.9. The molecule has 168 valence electrons. The van der Waals surface area contributed by atoms with Crippen molar-refractivity contribution in [1.82, 2.24) is 9.97 Å². The van der Waals surface area contributed by atoms with Gasteiger partial charge in [-0.3, -0.25) is 10.3 Å². The molecule has 1 fully saturated rings. The molecule has 2 aromatic heterocycles. The summed E-state index contributed by atoms with van der Waals surface area (Å²) < 4.78 is 20.6. The van der Waals surface area contributed by atoms with Crippen LogP contribution in [0.15, 0.2) is 24.5 Å². The minimum Gasteiger partial charge on any atom is -0.446 e. The van der Waals surface area contributed by atoms with Crippen molar-refractivity contribution < 1.29 is 13.9 Å². The number of benzene rings is 1. The average molecular weight is 446 g/mol. The summed E-state index contributed by atoms with van der Waals surface area (Å²) in [5, 5.41) is 15.9. The van der Waals surface area contributed by atoms with Crippen molar-refractivity contribution >= 4 is 34.1 Å². The summed E-state index contributed by atoms with van der Waals surface area (Å²) in [7, 11) is 0. The van der Waals surface area contributed by atoms with Crippen LogP contribution in [0.25, 0.3) is 21.9 Å². The number of pyridine rings is 2. The molecule has 0 radical (unpaired) electrons. The lowest BCUT2D eigenvalue weighted by atomic mass is 9.84. The lowest BCUT2D eigenvalue weighted by Gasteiger charge is -2.29. The number of aromatic nitrogens is 2. The smallest absolute Gasteiger partial charge is 0.413 e. The molecule has 9 heteroatoms. The molecule has 5 rings (SSSR count). The SMILES string of the molecule is Cc1c(-c2cc3cc(NC(=O)OC4CC(C#N)C4)ncc3c(N)c2F)cnc2c1NCCC2. The molecule has 1 amide bonds. The van der Waals surface area contributed by atoms with E-state index in [1.807, 2.05) is 6.92 Å². The first-order valence-corrected chi connectivity index (χ1v) is 10.9. The molecule has 33 heavy (non-hydrogen) atoms. The number of ether oxygens (including phenoxy) is 1. The van der Waals surface area contributed by atoms with Crippen molar-refractivity contribution in [3.8, 4) is 17.2 Å². The van der Waals surface area contributed by atoms with E-state index in [9.17, 15) is 4.79 Å². The second-order valence-electron chi connectivity index (χ2n) is 8.54. The van der Waals surface area contributed by atoms with Gasteiger partial charge in [0.2, 0.25) is 0 Å².